The Labute approximate surface area is 151 Å². The molecule has 5 nitrogen and oxygen atoms in total. The zero-order chi connectivity index (χ0) is 17.5. The fraction of sp³-hybridized carbons (Fsp3) is 0.368. The number of carbonyl (C=O) groups excluding carboxylic acids is 2. The normalized spacial score (nSPS) is 15.0. The topological polar surface area (TPSA) is 58.6 Å². The van der Waals surface area contributed by atoms with Gasteiger partial charge >= 0.3 is 0 Å². The van der Waals surface area contributed by atoms with Gasteiger partial charge in [0.1, 0.15) is 5.75 Å². The van der Waals surface area contributed by atoms with E-state index in [1.807, 2.05) is 52.7 Å². The minimum atomic E-state index is -0.0176. The average Bonchev–Trinajstić information content (AvgIpc) is 3.18. The average molecular weight is 358 g/mol. The minimum absolute atomic E-state index is 0.0176. The number of ether oxygens (including phenoxy) is 1. The Balaban J connectivity index is 1.36. The Kier molecular flexibility index (Phi) is 6.06. The number of para-hydroxylation sites is 1. The van der Waals surface area contributed by atoms with Crippen LogP contribution in [0.4, 0.5) is 0 Å². The van der Waals surface area contributed by atoms with Crippen LogP contribution in [0.25, 0.3) is 0 Å². The van der Waals surface area contributed by atoms with E-state index >= 15 is 0 Å². The molecule has 1 aromatic carbocycles. The first-order valence-corrected chi connectivity index (χ1v) is 9.40. The van der Waals surface area contributed by atoms with Crippen LogP contribution in [-0.4, -0.2) is 42.5 Å². The molecule has 0 aliphatic carbocycles. The Hall–Kier alpha value is -2.34. The van der Waals surface area contributed by atoms with Gasteiger partial charge in [-0.25, -0.2) is 0 Å². The van der Waals surface area contributed by atoms with Gasteiger partial charge in [0, 0.05) is 19.1 Å². The number of piperidine rings is 1. The number of rotatable bonds is 6. The lowest BCUT2D eigenvalue weighted by Gasteiger charge is -2.32. The van der Waals surface area contributed by atoms with Crippen LogP contribution < -0.4 is 10.1 Å². The standard InChI is InChI=1S/C19H22N2O3S/c22-18(10-13-24-16-5-2-1-3-6-16)21-11-8-15(9-12-21)20-19(23)17-7-4-14-25-17/h1-7,14-15H,8-13H2,(H,20,23). The molecule has 2 heterocycles. The van der Waals surface area contributed by atoms with E-state index in [0.29, 0.717) is 26.1 Å². The predicted octanol–water partition coefficient (Wildman–Crippen LogP) is 2.94. The number of nitrogens with one attached hydrogen (secondary N) is 1. The molecule has 132 valence electrons. The first-order valence-electron chi connectivity index (χ1n) is 8.52. The van der Waals surface area contributed by atoms with E-state index in [1.54, 1.807) is 0 Å². The largest absolute Gasteiger partial charge is 0.493 e. The van der Waals surface area contributed by atoms with Crippen molar-refractivity contribution in [3.8, 4) is 5.75 Å². The molecule has 1 N–H and O–H groups in total. The van der Waals surface area contributed by atoms with Crippen molar-refractivity contribution in [1.29, 1.82) is 0 Å². The fourth-order valence-electron chi connectivity index (χ4n) is 2.87. The number of carbonyl (C=O) groups is 2. The molecular formula is C19H22N2O3S. The van der Waals surface area contributed by atoms with Gasteiger partial charge in [-0.1, -0.05) is 24.3 Å². The number of hydrogen-bond acceptors (Lipinski definition) is 4. The monoisotopic (exact) mass is 358 g/mol. The van der Waals surface area contributed by atoms with E-state index in [2.05, 4.69) is 5.32 Å². The molecule has 0 saturated carbocycles. The molecule has 0 atom stereocenters. The number of thiophene rings is 1. The molecule has 1 aromatic heterocycles. The molecule has 2 aromatic rings. The summed E-state index contributed by atoms with van der Waals surface area (Å²) in [7, 11) is 0. The summed E-state index contributed by atoms with van der Waals surface area (Å²) in [4.78, 5) is 26.9. The fourth-order valence-corrected chi connectivity index (χ4v) is 3.50. The second-order valence-corrected chi connectivity index (χ2v) is 6.97. The van der Waals surface area contributed by atoms with Crippen LogP contribution in [-0.2, 0) is 4.79 Å². The van der Waals surface area contributed by atoms with Crippen LogP contribution in [0.3, 0.4) is 0 Å². The number of likely N-dealkylation sites (tertiary alicyclic amines) is 1. The third kappa shape index (κ3) is 5.06. The summed E-state index contributed by atoms with van der Waals surface area (Å²) in [5, 5.41) is 4.95. The summed E-state index contributed by atoms with van der Waals surface area (Å²) >= 11 is 1.44. The number of nitrogens with zero attached hydrogens (tertiary/aromatic N) is 1. The molecular weight excluding hydrogens is 336 g/mol. The van der Waals surface area contributed by atoms with Crippen molar-refractivity contribution in [2.24, 2.45) is 0 Å². The molecule has 0 radical (unpaired) electrons. The summed E-state index contributed by atoms with van der Waals surface area (Å²) in [5.74, 6) is 0.875. The number of amides is 2. The summed E-state index contributed by atoms with van der Waals surface area (Å²) in [6.07, 6.45) is 1.96. The maximum Gasteiger partial charge on any atom is 0.261 e. The van der Waals surface area contributed by atoms with Gasteiger partial charge in [-0.15, -0.1) is 11.3 Å². The van der Waals surface area contributed by atoms with Crippen molar-refractivity contribution in [2.45, 2.75) is 25.3 Å². The Bertz CT molecular complexity index is 680. The zero-order valence-corrected chi connectivity index (χ0v) is 14.8. The van der Waals surface area contributed by atoms with Crippen molar-refractivity contribution in [2.75, 3.05) is 19.7 Å². The predicted molar refractivity (Wildman–Crippen MR) is 97.9 cm³/mol. The lowest BCUT2D eigenvalue weighted by Crippen LogP contribution is -2.46. The highest BCUT2D eigenvalue weighted by molar-refractivity contribution is 7.12. The molecule has 1 saturated heterocycles. The van der Waals surface area contributed by atoms with E-state index < -0.39 is 0 Å². The van der Waals surface area contributed by atoms with Crippen molar-refractivity contribution < 1.29 is 14.3 Å². The first-order chi connectivity index (χ1) is 12.2. The van der Waals surface area contributed by atoms with Gasteiger partial charge in [0.25, 0.3) is 5.91 Å². The second-order valence-electron chi connectivity index (χ2n) is 6.02. The highest BCUT2D eigenvalue weighted by Crippen LogP contribution is 2.15. The van der Waals surface area contributed by atoms with Crippen LogP contribution in [0.5, 0.6) is 5.75 Å². The van der Waals surface area contributed by atoms with E-state index in [1.165, 1.54) is 11.3 Å². The van der Waals surface area contributed by atoms with Gasteiger partial charge in [-0.05, 0) is 36.4 Å². The summed E-state index contributed by atoms with van der Waals surface area (Å²) in [6, 6.07) is 13.3. The molecule has 25 heavy (non-hydrogen) atoms. The summed E-state index contributed by atoms with van der Waals surface area (Å²) < 4.78 is 5.58. The second kappa shape index (κ2) is 8.67. The van der Waals surface area contributed by atoms with Gasteiger partial charge in [0.15, 0.2) is 0 Å². The van der Waals surface area contributed by atoms with Gasteiger partial charge in [0.05, 0.1) is 17.9 Å². The van der Waals surface area contributed by atoms with Gasteiger partial charge in [-0.3, -0.25) is 9.59 Å². The minimum Gasteiger partial charge on any atom is -0.493 e. The molecule has 0 bridgehead atoms. The highest BCUT2D eigenvalue weighted by Gasteiger charge is 2.24. The van der Waals surface area contributed by atoms with Crippen LogP contribution in [0.15, 0.2) is 47.8 Å². The van der Waals surface area contributed by atoms with E-state index in [4.69, 9.17) is 4.74 Å². The van der Waals surface area contributed by atoms with Crippen molar-refractivity contribution in [3.05, 3.63) is 52.7 Å². The SMILES string of the molecule is O=C(NC1CCN(C(=O)CCOc2ccccc2)CC1)c1cccs1. The first kappa shape index (κ1) is 17.5. The molecule has 0 spiro atoms. The summed E-state index contributed by atoms with van der Waals surface area (Å²) in [6.45, 7) is 1.75. The van der Waals surface area contributed by atoms with Crippen molar-refractivity contribution >= 4 is 23.2 Å². The lowest BCUT2D eigenvalue weighted by atomic mass is 10.0. The van der Waals surface area contributed by atoms with Crippen molar-refractivity contribution in [3.63, 3.8) is 0 Å². The molecule has 2 amide bonds. The molecule has 1 aliphatic rings. The van der Waals surface area contributed by atoms with Crippen molar-refractivity contribution in [1.82, 2.24) is 10.2 Å². The van der Waals surface area contributed by atoms with Gasteiger partial charge in [0.2, 0.25) is 5.91 Å². The number of hydrogen-bond donors (Lipinski definition) is 1. The number of benzene rings is 1. The third-order valence-corrected chi connectivity index (χ3v) is 5.12. The maximum atomic E-state index is 12.3. The van der Waals surface area contributed by atoms with Crippen LogP contribution >= 0.6 is 11.3 Å². The molecule has 1 aliphatic heterocycles. The van der Waals surface area contributed by atoms with E-state index in [9.17, 15) is 9.59 Å². The third-order valence-electron chi connectivity index (χ3n) is 4.26. The maximum absolute atomic E-state index is 12.3. The Morgan fingerprint density at radius 3 is 2.56 bits per heavy atom. The molecule has 3 rings (SSSR count). The molecule has 0 unspecified atom stereocenters. The Morgan fingerprint density at radius 1 is 1.12 bits per heavy atom. The molecule has 6 heteroatoms. The van der Waals surface area contributed by atoms with Crippen LogP contribution in [0.1, 0.15) is 28.9 Å². The lowest BCUT2D eigenvalue weighted by molar-refractivity contribution is -0.132. The van der Waals surface area contributed by atoms with E-state index in [-0.39, 0.29) is 17.9 Å². The molecule has 1 fully saturated rings. The zero-order valence-electron chi connectivity index (χ0n) is 14.0. The van der Waals surface area contributed by atoms with Crippen LogP contribution in [0, 0.1) is 0 Å². The summed E-state index contributed by atoms with van der Waals surface area (Å²) in [5.41, 5.74) is 0. The van der Waals surface area contributed by atoms with Gasteiger partial charge < -0.3 is 15.0 Å². The van der Waals surface area contributed by atoms with Gasteiger partial charge in [-0.2, -0.15) is 0 Å². The highest BCUT2D eigenvalue weighted by atomic mass is 32.1. The Morgan fingerprint density at radius 2 is 1.88 bits per heavy atom. The van der Waals surface area contributed by atoms with Crippen LogP contribution in [0.2, 0.25) is 0 Å². The smallest absolute Gasteiger partial charge is 0.261 e. The quantitative estimate of drug-likeness (QED) is 0.864. The van der Waals surface area contributed by atoms with E-state index in [0.717, 1.165) is 23.5 Å².